The van der Waals surface area contributed by atoms with Crippen molar-refractivity contribution in [1.82, 2.24) is 5.32 Å². The Bertz CT molecular complexity index is 355. The van der Waals surface area contributed by atoms with Gasteiger partial charge in [-0.1, -0.05) is 23.7 Å². The number of carbonyl (C=O) groups is 1. The van der Waals surface area contributed by atoms with E-state index >= 15 is 0 Å². The molecule has 0 aromatic heterocycles. The number of ether oxygens (including phenoxy) is 1. The number of aliphatic hydroxyl groups is 1. The van der Waals surface area contributed by atoms with E-state index in [1.54, 1.807) is 18.2 Å². The van der Waals surface area contributed by atoms with Crippen molar-refractivity contribution in [3.63, 3.8) is 0 Å². The third kappa shape index (κ3) is 3.11. The second kappa shape index (κ2) is 5.58. The van der Waals surface area contributed by atoms with Gasteiger partial charge in [-0.2, -0.15) is 0 Å². The van der Waals surface area contributed by atoms with Crippen LogP contribution in [0.15, 0.2) is 18.2 Å². The summed E-state index contributed by atoms with van der Waals surface area (Å²) in [4.78, 5) is 11.0. The van der Waals surface area contributed by atoms with E-state index in [0.29, 0.717) is 16.3 Å². The third-order valence-corrected chi connectivity index (χ3v) is 2.14. The molecule has 0 saturated heterocycles. The van der Waals surface area contributed by atoms with Crippen molar-refractivity contribution in [3.05, 3.63) is 28.8 Å². The van der Waals surface area contributed by atoms with E-state index in [2.05, 4.69) is 5.32 Å². The van der Waals surface area contributed by atoms with Crippen molar-refractivity contribution in [2.75, 3.05) is 13.7 Å². The van der Waals surface area contributed by atoms with Crippen LogP contribution in [-0.2, 0) is 11.4 Å². The van der Waals surface area contributed by atoms with Crippen molar-refractivity contribution >= 4 is 17.5 Å². The van der Waals surface area contributed by atoms with Gasteiger partial charge in [0, 0.05) is 12.6 Å². The molecule has 0 aliphatic rings. The maximum absolute atomic E-state index is 11.0. The van der Waals surface area contributed by atoms with Gasteiger partial charge in [0.2, 0.25) is 0 Å². The zero-order valence-corrected chi connectivity index (χ0v) is 9.04. The number of para-hydroxylation sites is 1. The molecule has 0 fully saturated rings. The largest absolute Gasteiger partial charge is 0.482 e. The Balaban J connectivity index is 2.78. The number of aliphatic hydroxyl groups excluding tert-OH is 1. The minimum Gasteiger partial charge on any atom is -0.482 e. The molecule has 0 aliphatic carbocycles. The normalized spacial score (nSPS) is 9.80. The summed E-state index contributed by atoms with van der Waals surface area (Å²) in [5.41, 5.74) is 0.561. The molecule has 0 bridgehead atoms. The summed E-state index contributed by atoms with van der Waals surface area (Å²) in [6, 6.07) is 5.03. The fourth-order valence-electron chi connectivity index (χ4n) is 1.05. The number of carbonyl (C=O) groups excluding carboxylic acids is 1. The Morgan fingerprint density at radius 2 is 2.33 bits per heavy atom. The monoisotopic (exact) mass is 229 g/mol. The Morgan fingerprint density at radius 3 is 2.93 bits per heavy atom. The second-order valence-corrected chi connectivity index (χ2v) is 3.26. The number of rotatable bonds is 4. The molecule has 1 aromatic rings. The van der Waals surface area contributed by atoms with Crippen LogP contribution in [0.2, 0.25) is 5.02 Å². The van der Waals surface area contributed by atoms with Crippen LogP contribution in [-0.4, -0.2) is 24.7 Å². The maximum Gasteiger partial charge on any atom is 0.257 e. The van der Waals surface area contributed by atoms with E-state index in [9.17, 15) is 4.79 Å². The van der Waals surface area contributed by atoms with Gasteiger partial charge in [0.05, 0.1) is 11.6 Å². The van der Waals surface area contributed by atoms with E-state index in [4.69, 9.17) is 21.4 Å². The molecule has 0 unspecified atom stereocenters. The van der Waals surface area contributed by atoms with Crippen molar-refractivity contribution < 1.29 is 14.6 Å². The van der Waals surface area contributed by atoms with E-state index in [1.807, 2.05) is 0 Å². The standard InChI is InChI=1S/C10H12ClNO3/c1-12-9(14)6-15-10-7(5-13)3-2-4-8(10)11/h2-4,13H,5-6H2,1H3,(H,12,14). The average molecular weight is 230 g/mol. The number of benzene rings is 1. The van der Waals surface area contributed by atoms with Gasteiger partial charge in [-0.05, 0) is 6.07 Å². The summed E-state index contributed by atoms with van der Waals surface area (Å²) >= 11 is 5.87. The van der Waals surface area contributed by atoms with E-state index < -0.39 is 0 Å². The first-order valence-electron chi connectivity index (χ1n) is 4.40. The summed E-state index contributed by atoms with van der Waals surface area (Å²) in [5.74, 6) is 0.101. The van der Waals surface area contributed by atoms with E-state index in [0.717, 1.165) is 0 Å². The van der Waals surface area contributed by atoms with Crippen LogP contribution in [0.1, 0.15) is 5.56 Å². The van der Waals surface area contributed by atoms with Crippen molar-refractivity contribution in [2.45, 2.75) is 6.61 Å². The van der Waals surface area contributed by atoms with E-state index in [-0.39, 0.29) is 19.1 Å². The van der Waals surface area contributed by atoms with Crippen LogP contribution in [0.4, 0.5) is 0 Å². The summed E-state index contributed by atoms with van der Waals surface area (Å²) in [7, 11) is 1.52. The fraction of sp³-hybridized carbons (Fsp3) is 0.300. The highest BCUT2D eigenvalue weighted by Gasteiger charge is 2.09. The highest BCUT2D eigenvalue weighted by atomic mass is 35.5. The Labute approximate surface area is 92.8 Å². The summed E-state index contributed by atoms with van der Waals surface area (Å²) < 4.78 is 5.21. The number of likely N-dealkylation sites (N-methyl/N-ethyl adjacent to an activating group) is 1. The number of hydrogen-bond acceptors (Lipinski definition) is 3. The van der Waals surface area contributed by atoms with Crippen LogP contribution in [0.5, 0.6) is 5.75 Å². The summed E-state index contributed by atoms with van der Waals surface area (Å²) in [6.07, 6.45) is 0. The number of nitrogens with one attached hydrogen (secondary N) is 1. The summed E-state index contributed by atoms with van der Waals surface area (Å²) in [5, 5.41) is 11.8. The van der Waals surface area contributed by atoms with Gasteiger partial charge in [0.1, 0.15) is 5.75 Å². The van der Waals surface area contributed by atoms with Crippen LogP contribution in [0, 0.1) is 0 Å². The Hall–Kier alpha value is -1.26. The lowest BCUT2D eigenvalue weighted by Crippen LogP contribution is -2.25. The van der Waals surface area contributed by atoms with Gasteiger partial charge < -0.3 is 15.2 Å². The molecule has 1 amide bonds. The smallest absolute Gasteiger partial charge is 0.257 e. The molecule has 0 aliphatic heterocycles. The molecular formula is C10H12ClNO3. The molecule has 15 heavy (non-hydrogen) atoms. The number of amides is 1. The van der Waals surface area contributed by atoms with Crippen LogP contribution in [0.25, 0.3) is 0 Å². The first-order chi connectivity index (χ1) is 7.19. The Kier molecular flexibility index (Phi) is 4.39. The molecule has 2 N–H and O–H groups in total. The lowest BCUT2D eigenvalue weighted by Gasteiger charge is -2.10. The predicted octanol–water partition coefficient (Wildman–Crippen LogP) is 0.957. The van der Waals surface area contributed by atoms with Gasteiger partial charge in [-0.25, -0.2) is 0 Å². The van der Waals surface area contributed by atoms with Crippen LogP contribution in [0.3, 0.4) is 0 Å². The van der Waals surface area contributed by atoms with Gasteiger partial charge in [-0.15, -0.1) is 0 Å². The van der Waals surface area contributed by atoms with Gasteiger partial charge in [-0.3, -0.25) is 4.79 Å². The van der Waals surface area contributed by atoms with Gasteiger partial charge in [0.25, 0.3) is 5.91 Å². The van der Waals surface area contributed by atoms with E-state index in [1.165, 1.54) is 7.05 Å². The van der Waals surface area contributed by atoms with Crippen LogP contribution < -0.4 is 10.1 Å². The molecule has 82 valence electrons. The minimum atomic E-state index is -0.251. The highest BCUT2D eigenvalue weighted by Crippen LogP contribution is 2.28. The lowest BCUT2D eigenvalue weighted by molar-refractivity contribution is -0.122. The van der Waals surface area contributed by atoms with Gasteiger partial charge >= 0.3 is 0 Å². The molecule has 0 heterocycles. The highest BCUT2D eigenvalue weighted by molar-refractivity contribution is 6.32. The fourth-order valence-corrected chi connectivity index (χ4v) is 1.30. The molecule has 5 heteroatoms. The SMILES string of the molecule is CNC(=O)COc1c(Cl)cccc1CO. The number of halogens is 1. The molecule has 0 radical (unpaired) electrons. The molecule has 0 spiro atoms. The predicted molar refractivity (Wildman–Crippen MR) is 56.9 cm³/mol. The molecule has 1 aromatic carbocycles. The summed E-state index contributed by atoms with van der Waals surface area (Å²) in [6.45, 7) is -0.295. The number of hydrogen-bond donors (Lipinski definition) is 2. The minimum absolute atomic E-state index is 0.118. The van der Waals surface area contributed by atoms with Crippen LogP contribution >= 0.6 is 11.6 Å². The van der Waals surface area contributed by atoms with Crippen molar-refractivity contribution in [2.24, 2.45) is 0 Å². The topological polar surface area (TPSA) is 58.6 Å². The Morgan fingerprint density at radius 1 is 1.60 bits per heavy atom. The molecule has 4 nitrogen and oxygen atoms in total. The first-order valence-corrected chi connectivity index (χ1v) is 4.78. The zero-order valence-electron chi connectivity index (χ0n) is 8.29. The quantitative estimate of drug-likeness (QED) is 0.809. The van der Waals surface area contributed by atoms with Crippen molar-refractivity contribution in [3.8, 4) is 5.75 Å². The molecule has 0 atom stereocenters. The molecular weight excluding hydrogens is 218 g/mol. The van der Waals surface area contributed by atoms with Crippen molar-refractivity contribution in [1.29, 1.82) is 0 Å². The zero-order chi connectivity index (χ0) is 11.3. The second-order valence-electron chi connectivity index (χ2n) is 2.85. The van der Waals surface area contributed by atoms with Gasteiger partial charge in [0.15, 0.2) is 6.61 Å². The average Bonchev–Trinajstić information content (AvgIpc) is 2.26. The third-order valence-electron chi connectivity index (χ3n) is 1.85. The molecule has 0 saturated carbocycles. The first kappa shape index (κ1) is 11.8. The lowest BCUT2D eigenvalue weighted by atomic mass is 10.2. The maximum atomic E-state index is 11.0. The molecule has 1 rings (SSSR count).